The first kappa shape index (κ1) is 19.9. The molecular weight excluding hydrogens is 379 g/mol. The number of ether oxygens (including phenoxy) is 1. The lowest BCUT2D eigenvalue weighted by Crippen LogP contribution is -2.41. The molecule has 1 saturated heterocycles. The van der Waals surface area contributed by atoms with Gasteiger partial charge < -0.3 is 19.7 Å². The van der Waals surface area contributed by atoms with Crippen LogP contribution in [0.3, 0.4) is 0 Å². The third-order valence-electron chi connectivity index (χ3n) is 4.69. The Morgan fingerprint density at radius 3 is 2.68 bits per heavy atom. The van der Waals surface area contributed by atoms with Gasteiger partial charge in [-0.2, -0.15) is 13.2 Å². The summed E-state index contributed by atoms with van der Waals surface area (Å²) in [6.07, 6.45) is -4.76. The zero-order valence-electron chi connectivity index (χ0n) is 15.1. The minimum atomic E-state index is -4.50. The molecule has 0 aliphatic carbocycles. The molecule has 1 aromatic heterocycles. The number of H-pyrrole nitrogens is 1. The van der Waals surface area contributed by atoms with Crippen LogP contribution < -0.4 is 0 Å². The zero-order chi connectivity index (χ0) is 20.6. The van der Waals surface area contributed by atoms with Crippen molar-refractivity contribution >= 4 is 11.9 Å². The number of alkyl halides is 3. The first-order chi connectivity index (χ1) is 13.1. The van der Waals surface area contributed by atoms with E-state index < -0.39 is 35.8 Å². The summed E-state index contributed by atoms with van der Waals surface area (Å²) in [6, 6.07) is 3.52. The third kappa shape index (κ3) is 3.72. The number of likely N-dealkylation sites (tertiary alicyclic amines) is 1. The van der Waals surface area contributed by atoms with E-state index in [-0.39, 0.29) is 30.0 Å². The summed E-state index contributed by atoms with van der Waals surface area (Å²) in [4.78, 5) is 32.4. The number of nitrogens with zero attached hydrogens (tertiary/aromatic N) is 2. The Kier molecular flexibility index (Phi) is 5.16. The smallest absolute Gasteiger partial charge is 0.416 e. The van der Waals surface area contributed by atoms with Crippen LogP contribution in [0, 0.1) is 6.92 Å². The SMILES string of the molecule is COC1CC(C(=O)O)N(C(=O)c2nc(-c3cccc(C(F)(F)F)c3)[nH]c2C)C1. The summed E-state index contributed by atoms with van der Waals surface area (Å²) in [5.74, 6) is -1.67. The molecule has 1 aliphatic rings. The predicted octanol–water partition coefficient (Wildman–Crippen LogP) is 2.72. The minimum absolute atomic E-state index is 0.0320. The number of nitrogens with one attached hydrogen (secondary N) is 1. The van der Waals surface area contributed by atoms with Crippen LogP contribution in [0.5, 0.6) is 0 Å². The van der Waals surface area contributed by atoms with E-state index in [1.54, 1.807) is 6.92 Å². The van der Waals surface area contributed by atoms with Gasteiger partial charge in [0, 0.05) is 31.3 Å². The molecule has 10 heteroatoms. The predicted molar refractivity (Wildman–Crippen MR) is 91.6 cm³/mol. The van der Waals surface area contributed by atoms with Gasteiger partial charge in [-0.15, -0.1) is 0 Å². The second-order valence-electron chi connectivity index (χ2n) is 6.54. The summed E-state index contributed by atoms with van der Waals surface area (Å²) in [6.45, 7) is 1.65. The highest BCUT2D eigenvalue weighted by molar-refractivity contribution is 5.97. The summed E-state index contributed by atoms with van der Waals surface area (Å²) >= 11 is 0. The van der Waals surface area contributed by atoms with Crippen molar-refractivity contribution < 1.29 is 32.6 Å². The standard InChI is InChI=1S/C18H18F3N3O4/c1-9-14(16(25)24-8-12(28-2)7-13(24)17(26)27)23-15(22-9)10-4-3-5-11(6-10)18(19,20)21/h3-6,12-13H,7-8H2,1-2H3,(H,22,23)(H,26,27). The van der Waals surface area contributed by atoms with Gasteiger partial charge in [-0.1, -0.05) is 12.1 Å². The molecule has 1 aromatic carbocycles. The van der Waals surface area contributed by atoms with Crippen LogP contribution >= 0.6 is 0 Å². The van der Waals surface area contributed by atoms with Crippen molar-refractivity contribution in [2.75, 3.05) is 13.7 Å². The van der Waals surface area contributed by atoms with Crippen LogP contribution in [0.2, 0.25) is 0 Å². The largest absolute Gasteiger partial charge is 0.480 e. The molecule has 2 aromatic rings. The Labute approximate surface area is 158 Å². The fourth-order valence-corrected chi connectivity index (χ4v) is 3.21. The molecule has 0 radical (unpaired) electrons. The van der Waals surface area contributed by atoms with E-state index >= 15 is 0 Å². The number of amides is 1. The molecule has 28 heavy (non-hydrogen) atoms. The lowest BCUT2D eigenvalue weighted by molar-refractivity contribution is -0.141. The van der Waals surface area contributed by atoms with E-state index in [1.807, 2.05) is 0 Å². The van der Waals surface area contributed by atoms with Gasteiger partial charge in [0.15, 0.2) is 0 Å². The molecule has 0 bridgehead atoms. The molecule has 1 aliphatic heterocycles. The van der Waals surface area contributed by atoms with Crippen molar-refractivity contribution in [3.8, 4) is 11.4 Å². The molecule has 2 heterocycles. The summed E-state index contributed by atoms with van der Waals surface area (Å²) in [5.41, 5.74) is -0.360. The van der Waals surface area contributed by atoms with Crippen molar-refractivity contribution in [3.05, 3.63) is 41.2 Å². The quantitative estimate of drug-likeness (QED) is 0.827. The van der Waals surface area contributed by atoms with E-state index in [9.17, 15) is 27.9 Å². The maximum Gasteiger partial charge on any atom is 0.416 e. The average Bonchev–Trinajstić information content (AvgIpc) is 3.24. The molecule has 0 spiro atoms. The highest BCUT2D eigenvalue weighted by Crippen LogP contribution is 2.32. The second-order valence-corrected chi connectivity index (χ2v) is 6.54. The van der Waals surface area contributed by atoms with Crippen LogP contribution in [-0.4, -0.2) is 57.7 Å². The topological polar surface area (TPSA) is 95.5 Å². The number of benzene rings is 1. The fraction of sp³-hybridized carbons (Fsp3) is 0.389. The van der Waals surface area contributed by atoms with Crippen molar-refractivity contribution in [1.29, 1.82) is 0 Å². The van der Waals surface area contributed by atoms with Gasteiger partial charge in [0.1, 0.15) is 17.6 Å². The number of carbonyl (C=O) groups excluding carboxylic acids is 1. The van der Waals surface area contributed by atoms with Gasteiger partial charge in [0.25, 0.3) is 5.91 Å². The van der Waals surface area contributed by atoms with E-state index in [0.717, 1.165) is 17.0 Å². The number of imidazole rings is 1. The highest BCUT2D eigenvalue weighted by atomic mass is 19.4. The van der Waals surface area contributed by atoms with Gasteiger partial charge in [-0.3, -0.25) is 4.79 Å². The summed E-state index contributed by atoms with van der Waals surface area (Å²) in [7, 11) is 1.43. The molecule has 2 unspecified atom stereocenters. The number of aromatic amines is 1. The summed E-state index contributed by atoms with van der Waals surface area (Å²) in [5, 5.41) is 9.37. The molecular formula is C18H18F3N3O4. The molecule has 1 amide bonds. The Morgan fingerprint density at radius 2 is 2.07 bits per heavy atom. The molecule has 3 rings (SSSR count). The first-order valence-electron chi connectivity index (χ1n) is 8.42. The lowest BCUT2D eigenvalue weighted by atomic mass is 10.1. The number of halogens is 3. The third-order valence-corrected chi connectivity index (χ3v) is 4.69. The number of carboxylic acid groups (broad SMARTS) is 1. The lowest BCUT2D eigenvalue weighted by Gasteiger charge is -2.20. The van der Waals surface area contributed by atoms with Crippen LogP contribution in [-0.2, 0) is 15.7 Å². The van der Waals surface area contributed by atoms with E-state index in [1.165, 1.54) is 19.2 Å². The number of carboxylic acids is 1. The van der Waals surface area contributed by atoms with Crippen LogP contribution in [0.25, 0.3) is 11.4 Å². The Balaban J connectivity index is 1.92. The molecule has 7 nitrogen and oxygen atoms in total. The average molecular weight is 397 g/mol. The number of carbonyl (C=O) groups is 2. The van der Waals surface area contributed by atoms with Gasteiger partial charge in [0.2, 0.25) is 0 Å². The second kappa shape index (κ2) is 7.27. The van der Waals surface area contributed by atoms with E-state index in [4.69, 9.17) is 4.74 Å². The first-order valence-corrected chi connectivity index (χ1v) is 8.42. The van der Waals surface area contributed by atoms with E-state index in [2.05, 4.69) is 9.97 Å². The van der Waals surface area contributed by atoms with Gasteiger partial charge in [-0.25, -0.2) is 9.78 Å². The van der Waals surface area contributed by atoms with Gasteiger partial charge in [-0.05, 0) is 19.1 Å². The number of hydrogen-bond donors (Lipinski definition) is 2. The Bertz CT molecular complexity index is 910. The minimum Gasteiger partial charge on any atom is -0.480 e. The van der Waals surface area contributed by atoms with Crippen LogP contribution in [0.15, 0.2) is 24.3 Å². The zero-order valence-corrected chi connectivity index (χ0v) is 15.1. The number of aromatic nitrogens is 2. The highest BCUT2D eigenvalue weighted by Gasteiger charge is 2.41. The molecule has 2 atom stereocenters. The number of rotatable bonds is 4. The maximum atomic E-state index is 12.9. The van der Waals surface area contributed by atoms with Crippen molar-refractivity contribution in [3.63, 3.8) is 0 Å². The number of aryl methyl sites for hydroxylation is 1. The molecule has 150 valence electrons. The van der Waals surface area contributed by atoms with Gasteiger partial charge in [0.05, 0.1) is 11.7 Å². The van der Waals surface area contributed by atoms with Crippen molar-refractivity contribution in [1.82, 2.24) is 14.9 Å². The van der Waals surface area contributed by atoms with Crippen molar-refractivity contribution in [2.24, 2.45) is 0 Å². The fourth-order valence-electron chi connectivity index (χ4n) is 3.21. The summed E-state index contributed by atoms with van der Waals surface area (Å²) < 4.78 is 44.0. The van der Waals surface area contributed by atoms with Crippen LogP contribution in [0.4, 0.5) is 13.2 Å². The van der Waals surface area contributed by atoms with Gasteiger partial charge >= 0.3 is 12.1 Å². The molecule has 0 saturated carbocycles. The molecule has 2 N–H and O–H groups in total. The number of methoxy groups -OCH3 is 1. The van der Waals surface area contributed by atoms with Crippen molar-refractivity contribution in [2.45, 2.75) is 31.7 Å². The molecule has 1 fully saturated rings. The Hall–Kier alpha value is -2.88. The van der Waals surface area contributed by atoms with E-state index in [0.29, 0.717) is 5.69 Å². The van der Waals surface area contributed by atoms with Crippen LogP contribution in [0.1, 0.15) is 28.2 Å². The Morgan fingerprint density at radius 1 is 1.36 bits per heavy atom. The number of hydrogen-bond acceptors (Lipinski definition) is 4. The normalized spacial score (nSPS) is 19.8. The monoisotopic (exact) mass is 397 g/mol. The maximum absolute atomic E-state index is 12.9. The number of aliphatic carboxylic acids is 1.